The Morgan fingerprint density at radius 3 is 2.41 bits per heavy atom. The van der Waals surface area contributed by atoms with E-state index in [0.717, 1.165) is 16.3 Å². The van der Waals surface area contributed by atoms with Crippen molar-refractivity contribution in [1.82, 2.24) is 4.90 Å². The van der Waals surface area contributed by atoms with Crippen LogP contribution < -0.4 is 0 Å². The Bertz CT molecular complexity index is 647. The number of aliphatic hydroxyl groups is 4. The molecule has 2 aromatic rings. The molecule has 1 aliphatic rings. The Hall–Kier alpha value is -1.50. The number of aliphatic hydroxyl groups excluding tert-OH is 4. The largest absolute Gasteiger partial charge is 0.395 e. The van der Waals surface area contributed by atoms with Crippen LogP contribution in [-0.4, -0.2) is 62.8 Å². The predicted octanol–water partition coefficient (Wildman–Crippen LogP) is 0.0990. The van der Waals surface area contributed by atoms with Gasteiger partial charge in [-0.05, 0) is 22.4 Å². The summed E-state index contributed by atoms with van der Waals surface area (Å²) in [6.45, 7) is 0.450. The third kappa shape index (κ3) is 2.86. The molecule has 0 radical (unpaired) electrons. The van der Waals surface area contributed by atoms with E-state index in [2.05, 4.69) is 6.07 Å². The smallest absolute Gasteiger partial charge is 0.109 e. The lowest BCUT2D eigenvalue weighted by atomic mass is 9.93. The van der Waals surface area contributed by atoms with Crippen LogP contribution in [0.15, 0.2) is 42.5 Å². The van der Waals surface area contributed by atoms with Gasteiger partial charge in [0.15, 0.2) is 0 Å². The number of benzene rings is 2. The lowest BCUT2D eigenvalue weighted by Gasteiger charge is -2.43. The van der Waals surface area contributed by atoms with Gasteiger partial charge in [-0.15, -0.1) is 0 Å². The number of likely N-dealkylation sites (tertiary alicyclic amines) is 1. The van der Waals surface area contributed by atoms with E-state index in [1.54, 1.807) is 0 Å². The highest BCUT2D eigenvalue weighted by Crippen LogP contribution is 2.23. The summed E-state index contributed by atoms with van der Waals surface area (Å²) in [5.41, 5.74) is 1.04. The van der Waals surface area contributed by atoms with Gasteiger partial charge < -0.3 is 20.4 Å². The van der Waals surface area contributed by atoms with Gasteiger partial charge in [-0.2, -0.15) is 0 Å². The number of nitrogens with zero attached hydrogens (tertiary/aromatic N) is 1. The molecule has 5 heteroatoms. The molecule has 22 heavy (non-hydrogen) atoms. The van der Waals surface area contributed by atoms with Gasteiger partial charge in [0.05, 0.1) is 18.8 Å². The Kier molecular flexibility index (Phi) is 4.42. The van der Waals surface area contributed by atoms with Crippen LogP contribution in [0.1, 0.15) is 5.56 Å². The average molecular weight is 303 g/mol. The number of fused-ring (bicyclic) bond motifs is 1. The average Bonchev–Trinajstić information content (AvgIpc) is 2.53. The Morgan fingerprint density at radius 2 is 1.68 bits per heavy atom. The van der Waals surface area contributed by atoms with Crippen LogP contribution in [0.5, 0.6) is 0 Å². The quantitative estimate of drug-likeness (QED) is 0.646. The van der Waals surface area contributed by atoms with Gasteiger partial charge in [-0.25, -0.2) is 0 Å². The molecule has 0 spiro atoms. The molecule has 0 bridgehead atoms. The summed E-state index contributed by atoms with van der Waals surface area (Å²) >= 11 is 0. The molecule has 4 N–H and O–H groups in total. The van der Waals surface area contributed by atoms with E-state index in [9.17, 15) is 20.4 Å². The summed E-state index contributed by atoms with van der Waals surface area (Å²) in [4.78, 5) is 1.81. The van der Waals surface area contributed by atoms with Crippen molar-refractivity contribution in [3.63, 3.8) is 0 Å². The van der Waals surface area contributed by atoms with Crippen LogP contribution in [0.4, 0.5) is 0 Å². The Balaban J connectivity index is 1.83. The summed E-state index contributed by atoms with van der Waals surface area (Å²) in [6.07, 6.45) is -3.39. The summed E-state index contributed by atoms with van der Waals surface area (Å²) in [7, 11) is 0. The normalized spacial score (nSPS) is 29.8. The Labute approximate surface area is 129 Å². The fourth-order valence-corrected chi connectivity index (χ4v) is 3.13. The van der Waals surface area contributed by atoms with Crippen LogP contribution in [0, 0.1) is 0 Å². The van der Waals surface area contributed by atoms with E-state index >= 15 is 0 Å². The topological polar surface area (TPSA) is 84.2 Å². The SMILES string of the molecule is OCC1[C@@H](O)C(O)C(O)CN1Cc1ccc2ccccc2c1. The second-order valence-corrected chi connectivity index (χ2v) is 5.91. The fraction of sp³-hybridized carbons (Fsp3) is 0.412. The van der Waals surface area contributed by atoms with Crippen molar-refractivity contribution in [2.24, 2.45) is 0 Å². The molecule has 1 fully saturated rings. The minimum absolute atomic E-state index is 0.219. The molecule has 0 aliphatic carbocycles. The van der Waals surface area contributed by atoms with Crippen LogP contribution in [0.25, 0.3) is 10.8 Å². The lowest BCUT2D eigenvalue weighted by molar-refractivity contribution is -0.147. The van der Waals surface area contributed by atoms with Crippen molar-refractivity contribution >= 4 is 10.8 Å². The van der Waals surface area contributed by atoms with Crippen molar-refractivity contribution in [2.45, 2.75) is 30.9 Å². The first-order valence-corrected chi connectivity index (χ1v) is 7.47. The van der Waals surface area contributed by atoms with E-state index in [1.165, 1.54) is 0 Å². The van der Waals surface area contributed by atoms with E-state index < -0.39 is 24.4 Å². The third-order valence-electron chi connectivity index (χ3n) is 4.42. The van der Waals surface area contributed by atoms with Crippen molar-refractivity contribution in [3.8, 4) is 0 Å². The Morgan fingerprint density at radius 1 is 0.955 bits per heavy atom. The third-order valence-corrected chi connectivity index (χ3v) is 4.42. The maximum Gasteiger partial charge on any atom is 0.109 e. The van der Waals surface area contributed by atoms with Crippen LogP contribution >= 0.6 is 0 Å². The van der Waals surface area contributed by atoms with E-state index in [-0.39, 0.29) is 13.2 Å². The first-order chi connectivity index (χ1) is 10.6. The highest BCUT2D eigenvalue weighted by Gasteiger charge is 2.40. The van der Waals surface area contributed by atoms with E-state index in [0.29, 0.717) is 6.54 Å². The standard InChI is InChI=1S/C17H21NO4/c19-10-14-16(21)17(22)15(20)9-18(14)8-11-5-6-12-3-1-2-4-13(12)7-11/h1-7,14-17,19-22H,8-10H2/t14?,15?,16-,17?/m1/s1. The van der Waals surface area contributed by atoms with Crippen molar-refractivity contribution in [2.75, 3.05) is 13.2 Å². The second-order valence-electron chi connectivity index (χ2n) is 5.91. The van der Waals surface area contributed by atoms with Crippen molar-refractivity contribution in [3.05, 3.63) is 48.0 Å². The number of β-amino-alcohol motifs (C(OH)–C–C–N with tert-alkyl or cyclic N) is 1. The lowest BCUT2D eigenvalue weighted by Crippen LogP contribution is -2.62. The molecule has 0 saturated carbocycles. The van der Waals surface area contributed by atoms with Gasteiger partial charge in [-0.1, -0.05) is 36.4 Å². The zero-order valence-electron chi connectivity index (χ0n) is 12.2. The molecule has 5 nitrogen and oxygen atoms in total. The van der Waals surface area contributed by atoms with Crippen LogP contribution in [0.2, 0.25) is 0 Å². The number of hydrogen-bond acceptors (Lipinski definition) is 5. The minimum Gasteiger partial charge on any atom is -0.395 e. The fourth-order valence-electron chi connectivity index (χ4n) is 3.13. The minimum atomic E-state index is -1.22. The van der Waals surface area contributed by atoms with Crippen LogP contribution in [0.3, 0.4) is 0 Å². The van der Waals surface area contributed by atoms with Crippen molar-refractivity contribution < 1.29 is 20.4 Å². The molecular weight excluding hydrogens is 282 g/mol. The van der Waals surface area contributed by atoms with Gasteiger partial charge in [0, 0.05) is 13.1 Å². The summed E-state index contributed by atoms with van der Waals surface area (Å²) in [5.74, 6) is 0. The second kappa shape index (κ2) is 6.32. The molecule has 2 aromatic carbocycles. The predicted molar refractivity (Wildman–Crippen MR) is 83.3 cm³/mol. The molecule has 118 valence electrons. The highest BCUT2D eigenvalue weighted by molar-refractivity contribution is 5.82. The molecule has 3 unspecified atom stereocenters. The van der Waals surface area contributed by atoms with Crippen LogP contribution in [-0.2, 0) is 6.54 Å². The summed E-state index contributed by atoms with van der Waals surface area (Å²) in [5, 5.41) is 41.4. The van der Waals surface area contributed by atoms with Gasteiger partial charge in [0.1, 0.15) is 12.2 Å². The number of piperidine rings is 1. The van der Waals surface area contributed by atoms with Gasteiger partial charge in [0.2, 0.25) is 0 Å². The zero-order chi connectivity index (χ0) is 15.7. The number of rotatable bonds is 3. The molecule has 1 heterocycles. The first kappa shape index (κ1) is 15.4. The van der Waals surface area contributed by atoms with Gasteiger partial charge in [0.25, 0.3) is 0 Å². The molecule has 0 amide bonds. The van der Waals surface area contributed by atoms with Gasteiger partial charge >= 0.3 is 0 Å². The highest BCUT2D eigenvalue weighted by atomic mass is 16.4. The monoisotopic (exact) mass is 303 g/mol. The number of hydrogen-bond donors (Lipinski definition) is 4. The molecule has 4 atom stereocenters. The molecule has 0 aromatic heterocycles. The van der Waals surface area contributed by atoms with Crippen molar-refractivity contribution in [1.29, 1.82) is 0 Å². The zero-order valence-corrected chi connectivity index (χ0v) is 12.2. The molecule has 1 saturated heterocycles. The first-order valence-electron chi connectivity index (χ1n) is 7.47. The van der Waals surface area contributed by atoms with E-state index in [4.69, 9.17) is 0 Å². The maximum absolute atomic E-state index is 10.0. The molecular formula is C17H21NO4. The van der Waals surface area contributed by atoms with E-state index in [1.807, 2.05) is 41.3 Å². The summed E-state index contributed by atoms with van der Waals surface area (Å²) in [6, 6.07) is 13.6. The maximum atomic E-state index is 10.0. The van der Waals surface area contributed by atoms with Gasteiger partial charge in [-0.3, -0.25) is 4.90 Å². The summed E-state index contributed by atoms with van der Waals surface area (Å²) < 4.78 is 0. The molecule has 1 aliphatic heterocycles. The molecule has 3 rings (SSSR count).